The van der Waals surface area contributed by atoms with Crippen LogP contribution in [0.15, 0.2) is 158 Å². The molecule has 0 spiro atoms. The molecule has 2 heterocycles. The number of hydrogen-bond acceptors (Lipinski definition) is 0. The molecule has 0 bridgehead atoms. The molecule has 2 aliphatic carbocycles. The lowest BCUT2D eigenvalue weighted by Crippen LogP contribution is -2.26. The molecule has 100 heavy (non-hydrogen) atoms. The predicted molar refractivity (Wildman–Crippen MR) is 440 cm³/mol. The molecular formula is C98H128N2. The Bertz CT molecular complexity index is 3910. The standard InChI is InChI=1S/C98H128N2/c1-7-13-19-25-31-41-63-97(64-42-32-26-20-14-8-2)89-71-77(75-55-61-95-87(69-75)85-47-37-39-49-93(85)99(95)67-45-35-29-23-17-11-5)51-57-81(89)83-59-53-79(73-91(83)97)80-54-60-84-82-58-52-78(72-90(82)98(92(84)74-80,65-43-33-27-21-15-9-3)66-44-34-28-22-16-10-4)76-56-62-96-88(70-76)86-48-38-40-50-94(86)100(96)68-46-36-30-24-18-12-6/h37-40,47-62,69-74H,7-36,41-46,63-68H2,1-6H3. The number of hydrogen-bond donors (Lipinski definition) is 0. The molecule has 2 aromatic heterocycles. The average molecular weight is 1330 g/mol. The second-order valence-corrected chi connectivity index (χ2v) is 31.6. The zero-order chi connectivity index (χ0) is 68.9. The minimum atomic E-state index is -0.0576. The molecular weight excluding hydrogens is 1210 g/mol. The second-order valence-electron chi connectivity index (χ2n) is 31.6. The Hall–Kier alpha value is -6.64. The normalized spacial score (nSPS) is 13.5. The molecule has 0 saturated carbocycles. The van der Waals surface area contributed by atoms with Gasteiger partial charge < -0.3 is 9.13 Å². The van der Waals surface area contributed by atoms with Gasteiger partial charge in [-0.3, -0.25) is 0 Å². The molecule has 0 amide bonds. The quantitative estimate of drug-likeness (QED) is 0.0337. The van der Waals surface area contributed by atoms with Crippen molar-refractivity contribution < 1.29 is 0 Å². The van der Waals surface area contributed by atoms with E-state index in [0.717, 1.165) is 13.1 Å². The van der Waals surface area contributed by atoms with Crippen LogP contribution in [0.5, 0.6) is 0 Å². The first-order chi connectivity index (χ1) is 49.4. The first-order valence-corrected chi connectivity index (χ1v) is 42.0. The Morgan fingerprint density at radius 1 is 0.210 bits per heavy atom. The van der Waals surface area contributed by atoms with Crippen molar-refractivity contribution in [2.75, 3.05) is 0 Å². The minimum Gasteiger partial charge on any atom is -0.340 e. The first kappa shape index (κ1) is 73.1. The highest BCUT2D eigenvalue weighted by Crippen LogP contribution is 2.59. The fourth-order valence-electron chi connectivity index (χ4n) is 18.9. The summed E-state index contributed by atoms with van der Waals surface area (Å²) in [6.07, 6.45) is 52.2. The van der Waals surface area contributed by atoms with Gasteiger partial charge in [0.15, 0.2) is 0 Å². The van der Waals surface area contributed by atoms with Crippen molar-refractivity contribution in [3.63, 3.8) is 0 Å². The molecule has 12 rings (SSSR count). The summed E-state index contributed by atoms with van der Waals surface area (Å²) in [6.45, 7) is 16.3. The number of aryl methyl sites for hydroxylation is 2. The first-order valence-electron chi connectivity index (χ1n) is 42.0. The van der Waals surface area contributed by atoms with Crippen LogP contribution in [0.1, 0.15) is 321 Å². The van der Waals surface area contributed by atoms with E-state index in [1.54, 1.807) is 22.3 Å². The van der Waals surface area contributed by atoms with Gasteiger partial charge in [0.1, 0.15) is 0 Å². The van der Waals surface area contributed by atoms with E-state index in [-0.39, 0.29) is 10.8 Å². The van der Waals surface area contributed by atoms with Gasteiger partial charge in [-0.2, -0.15) is 0 Å². The monoisotopic (exact) mass is 1330 g/mol. The van der Waals surface area contributed by atoms with Crippen molar-refractivity contribution in [2.45, 2.75) is 322 Å². The van der Waals surface area contributed by atoms with Crippen molar-refractivity contribution in [2.24, 2.45) is 0 Å². The number of nitrogens with zero attached hydrogens (tertiary/aromatic N) is 2. The summed E-state index contributed by atoms with van der Waals surface area (Å²) >= 11 is 0. The number of aromatic nitrogens is 2. The lowest BCUT2D eigenvalue weighted by Gasteiger charge is -2.34. The largest absolute Gasteiger partial charge is 0.340 e. The third kappa shape index (κ3) is 16.4. The van der Waals surface area contributed by atoms with Gasteiger partial charge >= 0.3 is 0 Å². The fraction of sp³-hybridized carbons (Fsp3) is 0.510. The maximum Gasteiger partial charge on any atom is 0.0491 e. The van der Waals surface area contributed by atoms with Gasteiger partial charge in [0, 0.05) is 67.5 Å². The van der Waals surface area contributed by atoms with Gasteiger partial charge in [0.2, 0.25) is 0 Å². The summed E-state index contributed by atoms with van der Waals surface area (Å²) < 4.78 is 5.27. The van der Waals surface area contributed by atoms with E-state index in [2.05, 4.69) is 208 Å². The van der Waals surface area contributed by atoms with E-state index in [0.29, 0.717) is 0 Å². The lowest BCUT2D eigenvalue weighted by molar-refractivity contribution is 0.397. The Morgan fingerprint density at radius 3 is 0.730 bits per heavy atom. The fourth-order valence-corrected chi connectivity index (χ4v) is 18.9. The Balaban J connectivity index is 0.942. The van der Waals surface area contributed by atoms with E-state index in [4.69, 9.17) is 0 Å². The summed E-state index contributed by atoms with van der Waals surface area (Å²) in [5.74, 6) is 0. The van der Waals surface area contributed by atoms with Crippen LogP contribution in [-0.4, -0.2) is 9.13 Å². The molecule has 2 heteroatoms. The van der Waals surface area contributed by atoms with Crippen molar-refractivity contribution in [1.82, 2.24) is 9.13 Å². The van der Waals surface area contributed by atoms with Crippen LogP contribution in [0.4, 0.5) is 0 Å². The van der Waals surface area contributed by atoms with Crippen LogP contribution < -0.4 is 0 Å². The molecule has 530 valence electrons. The number of rotatable bonds is 45. The molecule has 10 aromatic rings. The molecule has 0 saturated heterocycles. The van der Waals surface area contributed by atoms with E-state index in [9.17, 15) is 0 Å². The summed E-state index contributed by atoms with van der Waals surface area (Å²) in [7, 11) is 0. The number of benzene rings is 8. The highest BCUT2D eigenvalue weighted by Gasteiger charge is 2.45. The second kappa shape index (κ2) is 36.5. The molecule has 0 radical (unpaired) electrons. The maximum atomic E-state index is 2.76. The minimum absolute atomic E-state index is 0.0576. The average Bonchev–Trinajstić information content (AvgIpc) is 1.57. The Kier molecular flexibility index (Phi) is 26.7. The molecule has 2 aliphatic rings. The highest BCUT2D eigenvalue weighted by molar-refractivity contribution is 6.10. The van der Waals surface area contributed by atoms with E-state index < -0.39 is 0 Å². The number of unbranched alkanes of at least 4 members (excludes halogenated alkanes) is 30. The van der Waals surface area contributed by atoms with Crippen LogP contribution >= 0.6 is 0 Å². The smallest absolute Gasteiger partial charge is 0.0491 e. The van der Waals surface area contributed by atoms with Crippen LogP contribution in [0, 0.1) is 0 Å². The molecule has 0 unspecified atom stereocenters. The van der Waals surface area contributed by atoms with Crippen LogP contribution in [0.2, 0.25) is 0 Å². The molecule has 8 aromatic carbocycles. The zero-order valence-electron chi connectivity index (χ0n) is 63.6. The SMILES string of the molecule is CCCCCCCCn1c2ccccc2c2cc(-c3ccc4c(c3)C(CCCCCCCC)(CCCCCCCC)c3cc(-c5ccc6c(c5)C(CCCCCCCC)(CCCCCCCC)c5cc(-c7ccc8c(c7)c7ccccc7n8CCCCCCCC)ccc5-6)ccc3-4)ccc21. The predicted octanol–water partition coefficient (Wildman–Crippen LogP) is 31.2. The van der Waals surface area contributed by atoms with E-state index in [1.165, 1.54) is 356 Å². The van der Waals surface area contributed by atoms with Gasteiger partial charge in [-0.15, -0.1) is 0 Å². The van der Waals surface area contributed by atoms with E-state index in [1.807, 2.05) is 0 Å². The molecule has 0 aliphatic heterocycles. The van der Waals surface area contributed by atoms with Crippen molar-refractivity contribution in [1.29, 1.82) is 0 Å². The van der Waals surface area contributed by atoms with Crippen molar-refractivity contribution in [3.8, 4) is 55.6 Å². The summed E-state index contributed by atoms with van der Waals surface area (Å²) in [4.78, 5) is 0. The summed E-state index contributed by atoms with van der Waals surface area (Å²) in [6, 6.07) is 64.8. The van der Waals surface area contributed by atoms with Gasteiger partial charge in [0.25, 0.3) is 0 Å². The van der Waals surface area contributed by atoms with Gasteiger partial charge in [-0.25, -0.2) is 0 Å². The van der Waals surface area contributed by atoms with Gasteiger partial charge in [-0.05, 0) is 177 Å². The number of fused-ring (bicyclic) bond motifs is 12. The van der Waals surface area contributed by atoms with Crippen LogP contribution in [0.3, 0.4) is 0 Å². The summed E-state index contributed by atoms with van der Waals surface area (Å²) in [5.41, 5.74) is 26.0. The maximum absolute atomic E-state index is 2.76. The molecule has 2 nitrogen and oxygen atoms in total. The lowest BCUT2D eigenvalue weighted by atomic mass is 9.69. The number of para-hydroxylation sites is 2. The third-order valence-electron chi connectivity index (χ3n) is 24.6. The Labute approximate surface area is 607 Å². The highest BCUT2D eigenvalue weighted by atomic mass is 15.0. The molecule has 0 atom stereocenters. The van der Waals surface area contributed by atoms with Crippen LogP contribution in [0.25, 0.3) is 99.2 Å². The van der Waals surface area contributed by atoms with Gasteiger partial charge in [-0.1, -0.05) is 357 Å². The van der Waals surface area contributed by atoms with Crippen LogP contribution in [-0.2, 0) is 23.9 Å². The Morgan fingerprint density at radius 2 is 0.440 bits per heavy atom. The summed E-state index contributed by atoms with van der Waals surface area (Å²) in [5, 5.41) is 5.58. The van der Waals surface area contributed by atoms with E-state index >= 15 is 0 Å². The topological polar surface area (TPSA) is 9.86 Å². The third-order valence-corrected chi connectivity index (χ3v) is 24.6. The van der Waals surface area contributed by atoms with Crippen molar-refractivity contribution in [3.05, 3.63) is 180 Å². The molecule has 0 fully saturated rings. The molecule has 0 N–H and O–H groups in total. The zero-order valence-corrected chi connectivity index (χ0v) is 63.6. The van der Waals surface area contributed by atoms with Gasteiger partial charge in [0.05, 0.1) is 0 Å². The van der Waals surface area contributed by atoms with Crippen molar-refractivity contribution >= 4 is 43.6 Å².